The maximum atomic E-state index is 12.5. The number of rotatable bonds is 7. The fourth-order valence-corrected chi connectivity index (χ4v) is 4.15. The summed E-state index contributed by atoms with van der Waals surface area (Å²) in [7, 11) is 0. The number of alkyl halides is 3. The molecule has 0 saturated heterocycles. The van der Waals surface area contributed by atoms with E-state index >= 15 is 0 Å². The second-order valence-electron chi connectivity index (χ2n) is 8.04. The van der Waals surface area contributed by atoms with Crippen molar-refractivity contribution in [2.45, 2.75) is 51.1 Å². The van der Waals surface area contributed by atoms with Gasteiger partial charge >= 0.3 is 6.36 Å². The summed E-state index contributed by atoms with van der Waals surface area (Å²) < 4.78 is 41.4. The van der Waals surface area contributed by atoms with Gasteiger partial charge < -0.3 is 15.4 Å². The predicted octanol–water partition coefficient (Wildman–Crippen LogP) is 7.05. The third-order valence-electron chi connectivity index (χ3n) is 5.49. The Morgan fingerprint density at radius 3 is 2.64 bits per heavy atom. The molecular formula is C24H24ClF3N4O. The highest BCUT2D eigenvalue weighted by molar-refractivity contribution is 6.33. The summed E-state index contributed by atoms with van der Waals surface area (Å²) in [5.41, 5.74) is 2.97. The van der Waals surface area contributed by atoms with Crippen LogP contribution < -0.4 is 15.4 Å². The number of aromatic nitrogens is 2. The monoisotopic (exact) mass is 476 g/mol. The molecule has 2 N–H and O–H groups in total. The van der Waals surface area contributed by atoms with E-state index in [9.17, 15) is 13.2 Å². The number of benzene rings is 1. The second-order valence-corrected chi connectivity index (χ2v) is 8.45. The Bertz CT molecular complexity index is 1090. The van der Waals surface area contributed by atoms with Gasteiger partial charge in [-0.1, -0.05) is 43.0 Å². The average molecular weight is 477 g/mol. The normalized spacial score (nSPS) is 14.7. The number of anilines is 2. The zero-order valence-corrected chi connectivity index (χ0v) is 18.6. The van der Waals surface area contributed by atoms with Gasteiger partial charge in [-0.05, 0) is 42.7 Å². The first kappa shape index (κ1) is 23.2. The van der Waals surface area contributed by atoms with Crippen LogP contribution in [0.15, 0.2) is 55.0 Å². The number of hydrogen-bond acceptors (Lipinski definition) is 5. The smallest absolute Gasteiger partial charge is 0.406 e. The van der Waals surface area contributed by atoms with Crippen LogP contribution in [0.25, 0.3) is 11.1 Å². The minimum Gasteiger partial charge on any atom is -0.406 e. The van der Waals surface area contributed by atoms with E-state index in [0.29, 0.717) is 28.9 Å². The molecule has 0 unspecified atom stereocenters. The first-order valence-electron chi connectivity index (χ1n) is 10.8. The number of hydrogen-bond donors (Lipinski definition) is 2. The Morgan fingerprint density at radius 2 is 1.85 bits per heavy atom. The molecule has 1 fully saturated rings. The predicted molar refractivity (Wildman–Crippen MR) is 123 cm³/mol. The Morgan fingerprint density at radius 1 is 1.03 bits per heavy atom. The molecule has 3 aromatic rings. The van der Waals surface area contributed by atoms with E-state index in [0.717, 1.165) is 29.8 Å². The number of pyridine rings is 2. The Kier molecular flexibility index (Phi) is 7.23. The summed E-state index contributed by atoms with van der Waals surface area (Å²) in [5.74, 6) is 0.524. The third kappa shape index (κ3) is 6.74. The van der Waals surface area contributed by atoms with Crippen molar-refractivity contribution >= 4 is 23.1 Å². The number of nitrogens with zero attached hydrogens (tertiary/aromatic N) is 2. The van der Waals surface area contributed by atoms with E-state index in [4.69, 9.17) is 11.6 Å². The molecule has 2 aromatic heterocycles. The molecule has 4 rings (SSSR count). The summed E-state index contributed by atoms with van der Waals surface area (Å²) in [6.45, 7) is 0.304. The van der Waals surface area contributed by atoms with E-state index in [1.165, 1.54) is 37.5 Å². The summed E-state index contributed by atoms with van der Waals surface area (Å²) >= 11 is 6.42. The highest BCUT2D eigenvalue weighted by atomic mass is 35.5. The van der Waals surface area contributed by atoms with Gasteiger partial charge in [-0.3, -0.25) is 4.98 Å². The van der Waals surface area contributed by atoms with Crippen LogP contribution in [-0.2, 0) is 6.54 Å². The number of nitrogens with one attached hydrogen (secondary N) is 2. The summed E-state index contributed by atoms with van der Waals surface area (Å²) in [5, 5.41) is 7.20. The standard InChI is InChI=1S/C24H24ClF3N4O/c25-22-15-31-23(32-18-6-2-1-3-7-18)11-21(22)17-10-19(14-29-13-17)30-12-16-5-4-8-20(9-16)33-24(26,27)28/h4-5,8-11,13-15,18,30H,1-3,6-7,12H2,(H,31,32). The van der Waals surface area contributed by atoms with Gasteiger partial charge in [0.1, 0.15) is 11.6 Å². The van der Waals surface area contributed by atoms with Crippen LogP contribution in [-0.4, -0.2) is 22.4 Å². The molecular weight excluding hydrogens is 453 g/mol. The highest BCUT2D eigenvalue weighted by Gasteiger charge is 2.31. The summed E-state index contributed by atoms with van der Waals surface area (Å²) in [6.07, 6.45) is 6.27. The van der Waals surface area contributed by atoms with Crippen molar-refractivity contribution in [1.29, 1.82) is 0 Å². The van der Waals surface area contributed by atoms with Crippen molar-refractivity contribution in [3.8, 4) is 16.9 Å². The molecule has 33 heavy (non-hydrogen) atoms. The molecule has 5 nitrogen and oxygen atoms in total. The lowest BCUT2D eigenvalue weighted by atomic mass is 9.95. The van der Waals surface area contributed by atoms with Crippen molar-refractivity contribution < 1.29 is 17.9 Å². The Labute approximate surface area is 195 Å². The van der Waals surface area contributed by atoms with Crippen molar-refractivity contribution in [2.75, 3.05) is 10.6 Å². The van der Waals surface area contributed by atoms with Crippen molar-refractivity contribution in [3.05, 3.63) is 65.6 Å². The Hall–Kier alpha value is -3.00. The zero-order chi connectivity index (χ0) is 23.3. The first-order chi connectivity index (χ1) is 15.9. The fourth-order valence-electron chi connectivity index (χ4n) is 3.94. The largest absolute Gasteiger partial charge is 0.573 e. The van der Waals surface area contributed by atoms with Crippen LogP contribution in [0.2, 0.25) is 5.02 Å². The van der Waals surface area contributed by atoms with E-state index in [-0.39, 0.29) is 5.75 Å². The molecule has 2 heterocycles. The minimum absolute atomic E-state index is 0.254. The molecule has 1 aliphatic rings. The van der Waals surface area contributed by atoms with Crippen LogP contribution in [0.3, 0.4) is 0 Å². The molecule has 1 saturated carbocycles. The molecule has 0 atom stereocenters. The lowest BCUT2D eigenvalue weighted by molar-refractivity contribution is -0.274. The van der Waals surface area contributed by atoms with Gasteiger partial charge in [0.2, 0.25) is 0 Å². The topological polar surface area (TPSA) is 59.1 Å². The molecule has 9 heteroatoms. The molecule has 0 bridgehead atoms. The summed E-state index contributed by atoms with van der Waals surface area (Å²) in [6, 6.07) is 10.1. The van der Waals surface area contributed by atoms with Crippen LogP contribution in [0.1, 0.15) is 37.7 Å². The van der Waals surface area contributed by atoms with Crippen molar-refractivity contribution in [1.82, 2.24) is 9.97 Å². The SMILES string of the molecule is FC(F)(F)Oc1cccc(CNc2cncc(-c3cc(NC4CCCCC4)ncc3Cl)c2)c1. The van der Waals surface area contributed by atoms with Crippen LogP contribution in [0.5, 0.6) is 5.75 Å². The summed E-state index contributed by atoms with van der Waals surface area (Å²) in [4.78, 5) is 8.71. The molecule has 0 amide bonds. The van der Waals surface area contributed by atoms with Crippen LogP contribution >= 0.6 is 11.6 Å². The number of ether oxygens (including phenoxy) is 1. The molecule has 0 spiro atoms. The van der Waals surface area contributed by atoms with Crippen molar-refractivity contribution in [2.24, 2.45) is 0 Å². The first-order valence-corrected chi connectivity index (χ1v) is 11.2. The molecule has 0 aliphatic heterocycles. The second kappa shape index (κ2) is 10.3. The fraction of sp³-hybridized carbons (Fsp3) is 0.333. The minimum atomic E-state index is -4.72. The van der Waals surface area contributed by atoms with Gasteiger partial charge in [0.05, 0.1) is 10.7 Å². The average Bonchev–Trinajstić information content (AvgIpc) is 2.79. The van der Waals surface area contributed by atoms with Gasteiger partial charge in [0.25, 0.3) is 0 Å². The zero-order valence-electron chi connectivity index (χ0n) is 17.8. The van der Waals surface area contributed by atoms with Crippen LogP contribution in [0, 0.1) is 0 Å². The third-order valence-corrected chi connectivity index (χ3v) is 5.79. The Balaban J connectivity index is 1.46. The van der Waals surface area contributed by atoms with Gasteiger partial charge in [0.15, 0.2) is 0 Å². The molecule has 1 aromatic carbocycles. The van der Waals surface area contributed by atoms with Crippen molar-refractivity contribution in [3.63, 3.8) is 0 Å². The highest BCUT2D eigenvalue weighted by Crippen LogP contribution is 2.31. The maximum absolute atomic E-state index is 12.5. The quantitative estimate of drug-likeness (QED) is 0.382. The molecule has 174 valence electrons. The molecule has 1 aliphatic carbocycles. The van der Waals surface area contributed by atoms with E-state index < -0.39 is 6.36 Å². The van der Waals surface area contributed by atoms with Gasteiger partial charge in [-0.2, -0.15) is 0 Å². The molecule has 0 radical (unpaired) electrons. The van der Waals surface area contributed by atoms with Gasteiger partial charge in [0, 0.05) is 42.3 Å². The van der Waals surface area contributed by atoms with Crippen LogP contribution in [0.4, 0.5) is 24.7 Å². The maximum Gasteiger partial charge on any atom is 0.573 e. The van der Waals surface area contributed by atoms with E-state index in [1.807, 2.05) is 12.1 Å². The van der Waals surface area contributed by atoms with Gasteiger partial charge in [-0.15, -0.1) is 13.2 Å². The number of halogens is 4. The van der Waals surface area contributed by atoms with Gasteiger partial charge in [-0.25, -0.2) is 4.98 Å². The van der Waals surface area contributed by atoms with E-state index in [2.05, 4.69) is 25.3 Å². The lowest BCUT2D eigenvalue weighted by Crippen LogP contribution is -2.22. The van der Waals surface area contributed by atoms with E-state index in [1.54, 1.807) is 24.7 Å². The lowest BCUT2D eigenvalue weighted by Gasteiger charge is -2.23.